The van der Waals surface area contributed by atoms with Gasteiger partial charge < -0.3 is 10.1 Å². The summed E-state index contributed by atoms with van der Waals surface area (Å²) < 4.78 is 5.64. The van der Waals surface area contributed by atoms with Crippen LogP contribution < -0.4 is 10.1 Å². The number of anilines is 1. The molecule has 2 aromatic rings. The molecule has 0 aliphatic heterocycles. The van der Waals surface area contributed by atoms with Gasteiger partial charge >= 0.3 is 0 Å². The second-order valence-electron chi connectivity index (χ2n) is 4.54. The Bertz CT molecular complexity index is 610. The van der Waals surface area contributed by atoms with Gasteiger partial charge in [0.15, 0.2) is 0 Å². The van der Waals surface area contributed by atoms with Crippen LogP contribution in [0.1, 0.15) is 22.6 Å². The Hall–Kier alpha value is -1.95. The van der Waals surface area contributed by atoms with E-state index in [2.05, 4.69) is 15.5 Å². The smallest absolute Gasteiger partial charge is 0.229 e. The largest absolute Gasteiger partial charge is 0.493 e. The molecular weight excluding hydrogens is 274 g/mol. The van der Waals surface area contributed by atoms with Crippen LogP contribution in [-0.4, -0.2) is 22.7 Å². The fourth-order valence-electron chi connectivity index (χ4n) is 1.65. The van der Waals surface area contributed by atoms with Gasteiger partial charge in [0.1, 0.15) is 10.8 Å². The number of nitrogens with zero attached hydrogens (tertiary/aromatic N) is 2. The van der Waals surface area contributed by atoms with Crippen molar-refractivity contribution in [3.63, 3.8) is 0 Å². The molecule has 0 aliphatic rings. The zero-order valence-corrected chi connectivity index (χ0v) is 12.6. The van der Waals surface area contributed by atoms with Crippen LogP contribution in [0, 0.1) is 20.8 Å². The maximum Gasteiger partial charge on any atom is 0.229 e. The minimum absolute atomic E-state index is 0.119. The molecule has 6 heteroatoms. The van der Waals surface area contributed by atoms with Gasteiger partial charge in [0, 0.05) is 0 Å². The van der Waals surface area contributed by atoms with Gasteiger partial charge in [-0.15, -0.1) is 10.2 Å². The van der Waals surface area contributed by atoms with Gasteiger partial charge in [-0.3, -0.25) is 4.79 Å². The Morgan fingerprint density at radius 1 is 1.30 bits per heavy atom. The first kappa shape index (κ1) is 14.5. The summed E-state index contributed by atoms with van der Waals surface area (Å²) in [5.41, 5.74) is 2.20. The quantitative estimate of drug-likeness (QED) is 0.920. The summed E-state index contributed by atoms with van der Waals surface area (Å²) in [6.45, 7) is 6.18. The first-order valence-corrected chi connectivity index (χ1v) is 7.16. The van der Waals surface area contributed by atoms with Crippen LogP contribution in [0.3, 0.4) is 0 Å². The van der Waals surface area contributed by atoms with Crippen LogP contribution in [0.2, 0.25) is 0 Å². The average molecular weight is 291 g/mol. The lowest BCUT2D eigenvalue weighted by Crippen LogP contribution is -2.15. The number of hydrogen-bond donors (Lipinski definition) is 1. The number of rotatable bonds is 5. The number of ether oxygens (including phenoxy) is 1. The molecule has 0 bridgehead atoms. The fourth-order valence-corrected chi connectivity index (χ4v) is 2.25. The predicted octanol–water partition coefficient (Wildman–Crippen LogP) is 2.87. The number of aryl methyl sites for hydroxylation is 3. The van der Waals surface area contributed by atoms with Crippen LogP contribution in [-0.2, 0) is 4.79 Å². The van der Waals surface area contributed by atoms with E-state index in [4.69, 9.17) is 4.74 Å². The lowest BCUT2D eigenvalue weighted by atomic mass is 10.1. The highest BCUT2D eigenvalue weighted by Gasteiger charge is 2.07. The van der Waals surface area contributed by atoms with Crippen molar-refractivity contribution in [1.29, 1.82) is 0 Å². The molecule has 1 N–H and O–H groups in total. The van der Waals surface area contributed by atoms with Crippen molar-refractivity contribution in [3.8, 4) is 5.75 Å². The van der Waals surface area contributed by atoms with E-state index in [1.165, 1.54) is 11.3 Å². The fraction of sp³-hybridized carbons (Fsp3) is 0.357. The summed E-state index contributed by atoms with van der Waals surface area (Å²) in [7, 11) is 0. The molecule has 0 radical (unpaired) electrons. The van der Waals surface area contributed by atoms with E-state index in [9.17, 15) is 4.79 Å². The second-order valence-corrected chi connectivity index (χ2v) is 5.72. The molecule has 2 rings (SSSR count). The number of nitrogens with one attached hydrogen (secondary N) is 1. The van der Waals surface area contributed by atoms with Crippen molar-refractivity contribution in [2.45, 2.75) is 27.2 Å². The molecule has 0 aliphatic carbocycles. The summed E-state index contributed by atoms with van der Waals surface area (Å²) in [5, 5.41) is 11.7. The molecule has 1 aromatic heterocycles. The highest BCUT2D eigenvalue weighted by Crippen LogP contribution is 2.19. The topological polar surface area (TPSA) is 64.1 Å². The molecule has 0 spiro atoms. The van der Waals surface area contributed by atoms with Crippen LogP contribution >= 0.6 is 11.3 Å². The number of carbonyl (C=O) groups excluding carboxylic acids is 1. The van der Waals surface area contributed by atoms with Gasteiger partial charge in [0.2, 0.25) is 11.0 Å². The van der Waals surface area contributed by atoms with Crippen LogP contribution in [0.15, 0.2) is 18.2 Å². The second kappa shape index (κ2) is 6.47. The number of amides is 1. The Labute approximate surface area is 122 Å². The highest BCUT2D eigenvalue weighted by molar-refractivity contribution is 7.15. The van der Waals surface area contributed by atoms with E-state index in [0.29, 0.717) is 11.7 Å². The van der Waals surface area contributed by atoms with Crippen LogP contribution in [0.4, 0.5) is 5.13 Å². The van der Waals surface area contributed by atoms with Gasteiger partial charge in [-0.25, -0.2) is 0 Å². The molecule has 0 unspecified atom stereocenters. The molecule has 0 saturated carbocycles. The molecule has 1 amide bonds. The third-order valence-electron chi connectivity index (χ3n) is 2.70. The van der Waals surface area contributed by atoms with E-state index in [1.54, 1.807) is 0 Å². The van der Waals surface area contributed by atoms with Crippen LogP contribution in [0.5, 0.6) is 5.75 Å². The lowest BCUT2D eigenvalue weighted by Gasteiger charge is -2.09. The molecule has 5 nitrogen and oxygen atoms in total. The summed E-state index contributed by atoms with van der Waals surface area (Å²) in [5.74, 6) is 0.705. The van der Waals surface area contributed by atoms with Crippen LogP contribution in [0.25, 0.3) is 0 Å². The highest BCUT2D eigenvalue weighted by atomic mass is 32.1. The van der Waals surface area contributed by atoms with Gasteiger partial charge in [0.25, 0.3) is 0 Å². The van der Waals surface area contributed by atoms with Crippen molar-refractivity contribution >= 4 is 22.4 Å². The van der Waals surface area contributed by atoms with Crippen molar-refractivity contribution in [1.82, 2.24) is 10.2 Å². The van der Waals surface area contributed by atoms with E-state index in [-0.39, 0.29) is 12.3 Å². The molecule has 0 fully saturated rings. The molecule has 1 heterocycles. The average Bonchev–Trinajstić information content (AvgIpc) is 2.79. The van der Waals surface area contributed by atoms with Crippen molar-refractivity contribution in [3.05, 3.63) is 34.3 Å². The van der Waals surface area contributed by atoms with E-state index in [0.717, 1.165) is 21.9 Å². The number of aromatic nitrogens is 2. The van der Waals surface area contributed by atoms with E-state index < -0.39 is 0 Å². The Balaban J connectivity index is 1.80. The first-order chi connectivity index (χ1) is 9.54. The zero-order valence-electron chi connectivity index (χ0n) is 11.8. The number of carbonyl (C=O) groups is 1. The standard InChI is InChI=1S/C14H17N3O2S/c1-9-4-5-10(2)12(8-9)19-7-6-13(18)15-14-17-16-11(3)20-14/h4-5,8H,6-7H2,1-3H3,(H,15,17,18). The monoisotopic (exact) mass is 291 g/mol. The normalized spacial score (nSPS) is 10.3. The SMILES string of the molecule is Cc1ccc(C)c(OCCC(=O)Nc2nnc(C)s2)c1. The van der Waals surface area contributed by atoms with Crippen molar-refractivity contribution < 1.29 is 9.53 Å². The maximum absolute atomic E-state index is 11.7. The molecule has 0 saturated heterocycles. The predicted molar refractivity (Wildman–Crippen MR) is 79.3 cm³/mol. The van der Waals surface area contributed by atoms with Crippen molar-refractivity contribution in [2.75, 3.05) is 11.9 Å². The summed E-state index contributed by atoms with van der Waals surface area (Å²) >= 11 is 1.36. The van der Waals surface area contributed by atoms with Gasteiger partial charge in [0.05, 0.1) is 13.0 Å². The summed E-state index contributed by atoms with van der Waals surface area (Å²) in [4.78, 5) is 11.7. The molecule has 0 atom stereocenters. The number of benzene rings is 1. The van der Waals surface area contributed by atoms with Gasteiger partial charge in [-0.05, 0) is 38.0 Å². The van der Waals surface area contributed by atoms with Gasteiger partial charge in [-0.2, -0.15) is 0 Å². The minimum Gasteiger partial charge on any atom is -0.493 e. The van der Waals surface area contributed by atoms with E-state index in [1.807, 2.05) is 39.0 Å². The third kappa shape index (κ3) is 4.03. The molecule has 1 aromatic carbocycles. The number of hydrogen-bond acceptors (Lipinski definition) is 5. The molecular formula is C14H17N3O2S. The molecule has 20 heavy (non-hydrogen) atoms. The Kier molecular flexibility index (Phi) is 4.68. The first-order valence-electron chi connectivity index (χ1n) is 6.34. The van der Waals surface area contributed by atoms with Gasteiger partial charge in [-0.1, -0.05) is 23.5 Å². The Morgan fingerprint density at radius 2 is 2.10 bits per heavy atom. The zero-order chi connectivity index (χ0) is 14.5. The summed E-state index contributed by atoms with van der Waals surface area (Å²) in [6.07, 6.45) is 0.284. The maximum atomic E-state index is 11.7. The lowest BCUT2D eigenvalue weighted by molar-refractivity contribution is -0.116. The molecule has 106 valence electrons. The minimum atomic E-state index is -0.119. The summed E-state index contributed by atoms with van der Waals surface area (Å²) in [6, 6.07) is 6.02. The van der Waals surface area contributed by atoms with Crippen molar-refractivity contribution in [2.24, 2.45) is 0 Å². The Morgan fingerprint density at radius 3 is 2.80 bits per heavy atom. The van der Waals surface area contributed by atoms with E-state index >= 15 is 0 Å². The third-order valence-corrected chi connectivity index (χ3v) is 3.46.